The summed E-state index contributed by atoms with van der Waals surface area (Å²) in [7, 11) is 0. The summed E-state index contributed by atoms with van der Waals surface area (Å²) in [4.78, 5) is 42.1. The normalized spacial score (nSPS) is 15.3. The number of hydrogen-bond acceptors (Lipinski definition) is 5. The summed E-state index contributed by atoms with van der Waals surface area (Å²) >= 11 is 0. The maximum atomic E-state index is 12.9. The first-order valence-corrected chi connectivity index (χ1v) is 9.10. The predicted molar refractivity (Wildman–Crippen MR) is 102 cm³/mol. The van der Waals surface area contributed by atoms with Gasteiger partial charge in [0.05, 0.1) is 34.4 Å². The van der Waals surface area contributed by atoms with Crippen molar-refractivity contribution in [2.24, 2.45) is 0 Å². The number of benzene rings is 1. The highest BCUT2D eigenvalue weighted by Gasteiger charge is 2.25. The molecule has 0 atom stereocenters. The summed E-state index contributed by atoms with van der Waals surface area (Å²) in [5.74, 6) is 0.221. The molecule has 0 unspecified atom stereocenters. The molecule has 1 amide bonds. The van der Waals surface area contributed by atoms with Gasteiger partial charge < -0.3 is 9.88 Å². The number of fused-ring (bicyclic) bond motifs is 1. The van der Waals surface area contributed by atoms with Crippen LogP contribution in [0.1, 0.15) is 46.2 Å². The van der Waals surface area contributed by atoms with E-state index in [1.165, 1.54) is 6.33 Å². The maximum Gasteiger partial charge on any atom is 0.253 e. The average Bonchev–Trinajstić information content (AvgIpc) is 2.68. The summed E-state index contributed by atoms with van der Waals surface area (Å²) in [6, 6.07) is 7.05. The molecule has 0 saturated carbocycles. The predicted octanol–water partition coefficient (Wildman–Crippen LogP) is 2.35. The van der Waals surface area contributed by atoms with Gasteiger partial charge in [-0.2, -0.15) is 0 Å². The lowest BCUT2D eigenvalue weighted by Gasteiger charge is -2.31. The minimum absolute atomic E-state index is 0.00856. The zero-order valence-electron chi connectivity index (χ0n) is 15.4. The third-order valence-electron chi connectivity index (χ3n) is 5.22. The van der Waals surface area contributed by atoms with E-state index in [-0.39, 0.29) is 17.4 Å². The molecule has 2 aromatic heterocycles. The van der Waals surface area contributed by atoms with Gasteiger partial charge in [0, 0.05) is 30.6 Å². The van der Waals surface area contributed by atoms with Crippen molar-refractivity contribution in [3.05, 3.63) is 63.6 Å². The molecule has 0 bridgehead atoms. The van der Waals surface area contributed by atoms with Gasteiger partial charge >= 0.3 is 0 Å². The number of piperidine rings is 1. The molecule has 1 aliphatic heterocycles. The second-order valence-electron chi connectivity index (χ2n) is 7.00. The zero-order chi connectivity index (χ0) is 19.0. The first kappa shape index (κ1) is 17.3. The Morgan fingerprint density at radius 3 is 2.48 bits per heavy atom. The summed E-state index contributed by atoms with van der Waals surface area (Å²) in [6.45, 7) is 5.15. The molecule has 0 spiro atoms. The van der Waals surface area contributed by atoms with Crippen LogP contribution >= 0.6 is 0 Å². The highest BCUT2D eigenvalue weighted by Crippen LogP contribution is 2.27. The molecule has 138 valence electrons. The SMILES string of the molecule is Cc1nc2ccc(C(=O)N3CCC(c4cc(=O)[nH]cn4)CC3)cc2nc1C. The van der Waals surface area contributed by atoms with Crippen molar-refractivity contribution in [2.75, 3.05) is 13.1 Å². The lowest BCUT2D eigenvalue weighted by Crippen LogP contribution is -2.38. The molecule has 0 radical (unpaired) electrons. The second-order valence-corrected chi connectivity index (χ2v) is 7.00. The van der Waals surface area contributed by atoms with Gasteiger partial charge in [0.15, 0.2) is 0 Å². The van der Waals surface area contributed by atoms with Crippen LogP contribution in [0.3, 0.4) is 0 Å². The van der Waals surface area contributed by atoms with E-state index in [4.69, 9.17) is 0 Å². The molecular formula is C20H21N5O2. The van der Waals surface area contributed by atoms with E-state index < -0.39 is 0 Å². The fourth-order valence-electron chi connectivity index (χ4n) is 3.53. The van der Waals surface area contributed by atoms with Gasteiger partial charge in [0.1, 0.15) is 0 Å². The van der Waals surface area contributed by atoms with Crippen molar-refractivity contribution in [1.29, 1.82) is 0 Å². The van der Waals surface area contributed by atoms with Crippen molar-refractivity contribution >= 4 is 16.9 Å². The van der Waals surface area contributed by atoms with Crippen LogP contribution in [0.2, 0.25) is 0 Å². The lowest BCUT2D eigenvalue weighted by atomic mass is 9.93. The van der Waals surface area contributed by atoms with Crippen molar-refractivity contribution in [1.82, 2.24) is 24.8 Å². The number of hydrogen-bond donors (Lipinski definition) is 1. The van der Waals surface area contributed by atoms with E-state index in [1.54, 1.807) is 6.07 Å². The molecule has 1 saturated heterocycles. The Morgan fingerprint density at radius 2 is 1.78 bits per heavy atom. The molecule has 3 heterocycles. The number of nitrogens with zero attached hydrogens (tertiary/aromatic N) is 4. The fourth-order valence-corrected chi connectivity index (χ4v) is 3.53. The van der Waals surface area contributed by atoms with E-state index in [1.807, 2.05) is 36.9 Å². The molecule has 27 heavy (non-hydrogen) atoms. The summed E-state index contributed by atoms with van der Waals surface area (Å²) in [6.07, 6.45) is 3.04. The highest BCUT2D eigenvalue weighted by atomic mass is 16.2. The Bertz CT molecular complexity index is 1070. The Balaban J connectivity index is 1.50. The molecule has 7 heteroatoms. The summed E-state index contributed by atoms with van der Waals surface area (Å²) < 4.78 is 0. The Morgan fingerprint density at radius 1 is 1.07 bits per heavy atom. The highest BCUT2D eigenvalue weighted by molar-refractivity contribution is 5.97. The third kappa shape index (κ3) is 3.45. The molecule has 1 N–H and O–H groups in total. The Hall–Kier alpha value is -3.09. The number of carbonyl (C=O) groups is 1. The zero-order valence-corrected chi connectivity index (χ0v) is 15.4. The van der Waals surface area contributed by atoms with Crippen molar-refractivity contribution < 1.29 is 4.79 Å². The number of amides is 1. The van der Waals surface area contributed by atoms with Gasteiger partial charge in [0.25, 0.3) is 11.5 Å². The van der Waals surface area contributed by atoms with Crippen molar-refractivity contribution in [3.63, 3.8) is 0 Å². The van der Waals surface area contributed by atoms with E-state index in [2.05, 4.69) is 19.9 Å². The van der Waals surface area contributed by atoms with Crippen molar-refractivity contribution in [2.45, 2.75) is 32.6 Å². The molecule has 1 aromatic carbocycles. The topological polar surface area (TPSA) is 91.8 Å². The van der Waals surface area contributed by atoms with Gasteiger partial charge in [0.2, 0.25) is 0 Å². The van der Waals surface area contributed by atoms with Gasteiger partial charge in [-0.3, -0.25) is 9.59 Å². The van der Waals surface area contributed by atoms with Gasteiger partial charge in [-0.05, 0) is 44.9 Å². The first-order chi connectivity index (χ1) is 13.0. The maximum absolute atomic E-state index is 12.9. The van der Waals surface area contributed by atoms with E-state index in [0.717, 1.165) is 41.0 Å². The molecule has 7 nitrogen and oxygen atoms in total. The second kappa shape index (κ2) is 6.90. The van der Waals surface area contributed by atoms with Crippen molar-refractivity contribution in [3.8, 4) is 0 Å². The van der Waals surface area contributed by atoms with Crippen LogP contribution in [-0.4, -0.2) is 43.8 Å². The van der Waals surface area contributed by atoms with Gasteiger partial charge in [-0.25, -0.2) is 15.0 Å². The van der Waals surface area contributed by atoms with E-state index >= 15 is 0 Å². The van der Waals surface area contributed by atoms with Crippen LogP contribution in [0.5, 0.6) is 0 Å². The van der Waals surface area contributed by atoms with Crippen LogP contribution < -0.4 is 5.56 Å². The number of carbonyl (C=O) groups excluding carboxylic acids is 1. The molecule has 1 aliphatic rings. The lowest BCUT2D eigenvalue weighted by molar-refractivity contribution is 0.0712. The summed E-state index contributed by atoms with van der Waals surface area (Å²) in [5.41, 5.74) is 4.61. The monoisotopic (exact) mass is 363 g/mol. The minimum atomic E-state index is -0.138. The number of aromatic nitrogens is 4. The quantitative estimate of drug-likeness (QED) is 0.754. The fraction of sp³-hybridized carbons (Fsp3) is 0.350. The van der Waals surface area contributed by atoms with E-state index in [9.17, 15) is 9.59 Å². The largest absolute Gasteiger partial charge is 0.339 e. The first-order valence-electron chi connectivity index (χ1n) is 9.10. The Kier molecular flexibility index (Phi) is 4.43. The van der Waals surface area contributed by atoms with Crippen LogP contribution in [0.4, 0.5) is 0 Å². The smallest absolute Gasteiger partial charge is 0.253 e. The number of rotatable bonds is 2. The van der Waals surface area contributed by atoms with Crippen LogP contribution in [-0.2, 0) is 0 Å². The number of likely N-dealkylation sites (tertiary alicyclic amines) is 1. The van der Waals surface area contributed by atoms with Crippen LogP contribution in [0.25, 0.3) is 11.0 Å². The average molecular weight is 363 g/mol. The molecule has 4 rings (SSSR count). The molecular weight excluding hydrogens is 342 g/mol. The van der Waals surface area contributed by atoms with Crippen LogP contribution in [0.15, 0.2) is 35.4 Å². The number of H-pyrrole nitrogens is 1. The van der Waals surface area contributed by atoms with Gasteiger partial charge in [-0.15, -0.1) is 0 Å². The molecule has 0 aliphatic carbocycles. The Labute approximate surface area is 156 Å². The number of aromatic amines is 1. The third-order valence-corrected chi connectivity index (χ3v) is 5.22. The number of aryl methyl sites for hydroxylation is 2. The standard InChI is InChI=1S/C20H21N5O2/c1-12-13(2)24-18-9-15(3-4-16(18)23-12)20(27)25-7-5-14(6-8-25)17-10-19(26)22-11-21-17/h3-4,9-11,14H,5-8H2,1-2H3,(H,21,22,26). The number of nitrogens with one attached hydrogen (secondary N) is 1. The molecule has 3 aromatic rings. The van der Waals surface area contributed by atoms with E-state index in [0.29, 0.717) is 18.7 Å². The van der Waals surface area contributed by atoms with Gasteiger partial charge in [-0.1, -0.05) is 0 Å². The molecule has 1 fully saturated rings. The van der Waals surface area contributed by atoms with Crippen LogP contribution in [0, 0.1) is 13.8 Å². The minimum Gasteiger partial charge on any atom is -0.339 e. The summed E-state index contributed by atoms with van der Waals surface area (Å²) in [5, 5.41) is 0.